The number of tetrazole rings is 2. The molecule has 0 radical (unpaired) electrons. The summed E-state index contributed by atoms with van der Waals surface area (Å²) in [7, 11) is 0. The van der Waals surface area contributed by atoms with Crippen LogP contribution in [0.25, 0.3) is 11.6 Å². The van der Waals surface area contributed by atoms with Gasteiger partial charge >= 0.3 is 0 Å². The minimum atomic E-state index is 0.0692. The van der Waals surface area contributed by atoms with Crippen LogP contribution < -0.4 is 0 Å². The molecule has 2 aliphatic rings. The van der Waals surface area contributed by atoms with Crippen LogP contribution in [0.1, 0.15) is 73.4 Å². The fraction of sp³-hybridized carbons (Fsp3) is 0.476. The van der Waals surface area contributed by atoms with Crippen LogP contribution >= 0.6 is 0 Å². The first-order valence-corrected chi connectivity index (χ1v) is 10.6. The zero-order valence-electron chi connectivity index (χ0n) is 17.0. The Morgan fingerprint density at radius 1 is 0.733 bits per heavy atom. The van der Waals surface area contributed by atoms with E-state index in [4.69, 9.17) is 0 Å². The summed E-state index contributed by atoms with van der Waals surface area (Å²) in [6.07, 6.45) is 10.6. The topological polar surface area (TPSA) is 104 Å². The van der Waals surface area contributed by atoms with E-state index in [0.29, 0.717) is 12.2 Å². The van der Waals surface area contributed by atoms with Gasteiger partial charge in [-0.2, -0.15) is 0 Å². The molecular weight excluding hydrogens is 380 g/mol. The predicted molar refractivity (Wildman–Crippen MR) is 111 cm³/mol. The Labute approximate surface area is 175 Å². The van der Waals surface area contributed by atoms with Gasteiger partial charge in [-0.25, -0.2) is 9.36 Å². The highest BCUT2D eigenvalue weighted by molar-refractivity contribution is 5.92. The molecule has 0 fully saturated rings. The summed E-state index contributed by atoms with van der Waals surface area (Å²) in [6.45, 7) is 1.70. The quantitative estimate of drug-likeness (QED) is 0.611. The molecule has 156 valence electrons. The van der Waals surface area contributed by atoms with Crippen LogP contribution in [0, 0.1) is 0 Å². The molecule has 0 aliphatic carbocycles. The number of benzene rings is 1. The van der Waals surface area contributed by atoms with Crippen molar-refractivity contribution in [3.8, 4) is 0 Å². The first kappa shape index (κ1) is 20.1. The fourth-order valence-corrected chi connectivity index (χ4v) is 3.73. The molecule has 2 aromatic heterocycles. The van der Waals surface area contributed by atoms with Gasteiger partial charge in [-0.3, -0.25) is 4.79 Å². The van der Waals surface area contributed by atoms with E-state index in [2.05, 4.69) is 61.4 Å². The molecule has 0 atom stereocenters. The van der Waals surface area contributed by atoms with Crippen molar-refractivity contribution in [2.75, 3.05) is 0 Å². The minimum Gasteiger partial charge on any atom is -0.291 e. The van der Waals surface area contributed by atoms with Gasteiger partial charge in [0.25, 0.3) is 0 Å². The van der Waals surface area contributed by atoms with Gasteiger partial charge in [0.05, 0.1) is 0 Å². The average Bonchev–Trinajstić information content (AvgIpc) is 3.39. The fourth-order valence-electron chi connectivity index (χ4n) is 3.73. The number of hydrogen-bond acceptors (Lipinski definition) is 7. The summed E-state index contributed by atoms with van der Waals surface area (Å²) in [5.74, 6) is 1.42. The number of carbonyl (C=O) groups excluding carboxylic acids is 1. The summed E-state index contributed by atoms with van der Waals surface area (Å²) in [6, 6.07) is 10.4. The van der Waals surface area contributed by atoms with Crippen LogP contribution in [0.5, 0.6) is 0 Å². The Hall–Kier alpha value is -3.23. The van der Waals surface area contributed by atoms with Gasteiger partial charge in [-0.05, 0) is 70.2 Å². The number of allylic oxidation sites excluding steroid dienone is 1. The average molecular weight is 406 g/mol. The van der Waals surface area contributed by atoms with Gasteiger partial charge in [0.2, 0.25) is 11.6 Å². The van der Waals surface area contributed by atoms with Crippen LogP contribution in [0.2, 0.25) is 0 Å². The van der Waals surface area contributed by atoms with E-state index in [9.17, 15) is 4.79 Å². The highest BCUT2D eigenvalue weighted by atomic mass is 16.1. The highest BCUT2D eigenvalue weighted by Gasteiger charge is 2.17. The molecule has 9 nitrogen and oxygen atoms in total. The highest BCUT2D eigenvalue weighted by Crippen LogP contribution is 2.24. The lowest BCUT2D eigenvalue weighted by molar-refractivity contribution is 0.0958. The Bertz CT molecular complexity index is 991. The molecule has 0 N–H and O–H groups in total. The third-order valence-corrected chi connectivity index (χ3v) is 5.33. The molecule has 30 heavy (non-hydrogen) atoms. The Morgan fingerprint density at radius 2 is 1.37 bits per heavy atom. The van der Waals surface area contributed by atoms with E-state index in [1.165, 1.54) is 24.0 Å². The zero-order valence-corrected chi connectivity index (χ0v) is 17.0. The van der Waals surface area contributed by atoms with Crippen molar-refractivity contribution < 1.29 is 4.79 Å². The van der Waals surface area contributed by atoms with Crippen molar-refractivity contribution in [3.05, 3.63) is 47.5 Å². The molecular formula is C21H26N8O. The number of Topliss-reactive ketones (excluding diaryl/α,β-unsaturated/α-hetero) is 1. The van der Waals surface area contributed by atoms with E-state index in [0.717, 1.165) is 51.0 Å². The van der Waals surface area contributed by atoms with Gasteiger partial charge in [-0.1, -0.05) is 43.2 Å². The largest absolute Gasteiger partial charge is 0.291 e. The van der Waals surface area contributed by atoms with E-state index in [1.807, 2.05) is 10.7 Å². The summed E-state index contributed by atoms with van der Waals surface area (Å²) >= 11 is 0. The summed E-state index contributed by atoms with van der Waals surface area (Å²) < 4.78 is 3.52. The molecule has 2 aliphatic heterocycles. The standard InChI is InChI=1S/C14H16N4.C7H10N4O/c1-3-7-12(8-4-1)11-13-9-5-2-6-10-18-14(13)15-16-17-18;12-6-4-2-1-3-5-11-7(6)8-9-10-11/h1,3-4,7-8,11H,2,5-6,9-10H2;1-5H2. The monoisotopic (exact) mass is 406 g/mol. The number of aryl methyl sites for hydroxylation is 2. The maximum atomic E-state index is 11.4. The number of aromatic nitrogens is 8. The van der Waals surface area contributed by atoms with Crippen molar-refractivity contribution >= 4 is 17.4 Å². The molecule has 0 amide bonds. The second-order valence-corrected chi connectivity index (χ2v) is 7.58. The summed E-state index contributed by atoms with van der Waals surface area (Å²) in [5.41, 5.74) is 2.45. The number of hydrogen-bond donors (Lipinski definition) is 0. The normalized spacial score (nSPS) is 18.1. The zero-order chi connectivity index (χ0) is 20.6. The van der Waals surface area contributed by atoms with Crippen LogP contribution in [0.15, 0.2) is 30.3 Å². The van der Waals surface area contributed by atoms with Crippen LogP contribution in [-0.2, 0) is 13.1 Å². The third-order valence-electron chi connectivity index (χ3n) is 5.33. The Kier molecular flexibility index (Phi) is 6.68. The number of ketones is 1. The van der Waals surface area contributed by atoms with Crippen LogP contribution in [0.4, 0.5) is 0 Å². The van der Waals surface area contributed by atoms with Crippen LogP contribution in [0.3, 0.4) is 0 Å². The lowest BCUT2D eigenvalue weighted by Gasteiger charge is -2.12. The summed E-state index contributed by atoms with van der Waals surface area (Å²) in [4.78, 5) is 11.4. The molecule has 0 saturated carbocycles. The molecule has 9 heteroatoms. The lowest BCUT2D eigenvalue weighted by Crippen LogP contribution is -2.14. The van der Waals surface area contributed by atoms with Gasteiger partial charge < -0.3 is 0 Å². The van der Waals surface area contributed by atoms with E-state index < -0.39 is 0 Å². The van der Waals surface area contributed by atoms with Gasteiger partial charge in [0.15, 0.2) is 5.82 Å². The van der Waals surface area contributed by atoms with E-state index in [-0.39, 0.29) is 5.78 Å². The molecule has 0 bridgehead atoms. The number of carbonyl (C=O) groups is 1. The van der Waals surface area contributed by atoms with Crippen molar-refractivity contribution in [3.63, 3.8) is 0 Å². The molecule has 3 aromatic rings. The third kappa shape index (κ3) is 5.03. The van der Waals surface area contributed by atoms with Crippen molar-refractivity contribution in [1.29, 1.82) is 0 Å². The number of rotatable bonds is 1. The van der Waals surface area contributed by atoms with Gasteiger partial charge in [0, 0.05) is 19.5 Å². The predicted octanol–water partition coefficient (Wildman–Crippen LogP) is 3.22. The Morgan fingerprint density at radius 3 is 2.10 bits per heavy atom. The van der Waals surface area contributed by atoms with Crippen LogP contribution in [-0.4, -0.2) is 46.2 Å². The molecule has 1 aromatic carbocycles. The maximum Gasteiger partial charge on any atom is 0.218 e. The first-order valence-electron chi connectivity index (χ1n) is 10.6. The maximum absolute atomic E-state index is 11.4. The van der Waals surface area contributed by atoms with Crippen molar-refractivity contribution in [2.45, 2.75) is 64.5 Å². The van der Waals surface area contributed by atoms with Crippen molar-refractivity contribution in [1.82, 2.24) is 40.4 Å². The first-order chi connectivity index (χ1) is 14.8. The second kappa shape index (κ2) is 10.00. The molecule has 0 spiro atoms. The smallest absolute Gasteiger partial charge is 0.218 e. The van der Waals surface area contributed by atoms with E-state index >= 15 is 0 Å². The summed E-state index contributed by atoms with van der Waals surface area (Å²) in [5, 5.41) is 23.0. The van der Waals surface area contributed by atoms with Gasteiger partial charge in [0.1, 0.15) is 0 Å². The number of nitrogens with zero attached hydrogens (tertiary/aromatic N) is 8. The Balaban J connectivity index is 0.000000158. The molecule has 4 heterocycles. The number of fused-ring (bicyclic) bond motifs is 2. The van der Waals surface area contributed by atoms with Crippen molar-refractivity contribution in [2.24, 2.45) is 0 Å². The SMILES string of the molecule is C(=C1CCCCCn2nnnc21)c1ccccc1.O=C1CCCCCn2nnnc21. The molecule has 0 unspecified atom stereocenters. The van der Waals surface area contributed by atoms with Gasteiger partial charge in [-0.15, -0.1) is 10.2 Å². The molecule has 0 saturated heterocycles. The lowest BCUT2D eigenvalue weighted by atomic mass is 10.0. The molecule has 5 rings (SSSR count). The second-order valence-electron chi connectivity index (χ2n) is 7.58. The van der Waals surface area contributed by atoms with E-state index in [1.54, 1.807) is 4.68 Å². The minimum absolute atomic E-state index is 0.0692.